The Morgan fingerprint density at radius 1 is 1.07 bits per heavy atom. The molecule has 2 aromatic heterocycles. The van der Waals surface area contributed by atoms with Gasteiger partial charge in [0.2, 0.25) is 5.91 Å². The second-order valence-corrected chi connectivity index (χ2v) is 15.3. The molecular weight excluding hydrogens is 601 g/mol. The number of nitrogens with one attached hydrogen (secondary N) is 2. The van der Waals surface area contributed by atoms with Crippen molar-refractivity contribution in [2.45, 2.75) is 84.2 Å². The summed E-state index contributed by atoms with van der Waals surface area (Å²) in [5.41, 5.74) is 8.49. The highest BCUT2D eigenvalue weighted by Gasteiger charge is 2.25. The van der Waals surface area contributed by atoms with E-state index in [0.29, 0.717) is 36.0 Å². The van der Waals surface area contributed by atoms with Gasteiger partial charge in [-0.15, -0.1) is 0 Å². The monoisotopic (exact) mass is 645 g/mol. The number of amides is 2. The first-order chi connectivity index (χ1) is 22.2. The van der Waals surface area contributed by atoms with Crippen molar-refractivity contribution in [3.63, 3.8) is 0 Å². The third-order valence-corrected chi connectivity index (χ3v) is 12.1. The lowest BCUT2D eigenvalue weighted by atomic mass is 10.1. The van der Waals surface area contributed by atoms with Crippen molar-refractivity contribution < 1.29 is 18.9 Å². The van der Waals surface area contributed by atoms with Crippen LogP contribution in [-0.4, -0.2) is 49.9 Å². The molecule has 0 radical (unpaired) electrons. The zero-order valence-electron chi connectivity index (χ0n) is 26.9. The molecule has 1 fully saturated rings. The van der Waals surface area contributed by atoms with Crippen molar-refractivity contribution in [3.8, 4) is 5.75 Å². The molecule has 0 spiro atoms. The summed E-state index contributed by atoms with van der Waals surface area (Å²) in [6.07, 6.45) is 9.41. The summed E-state index contributed by atoms with van der Waals surface area (Å²) < 4.78 is 21.0. The van der Waals surface area contributed by atoms with E-state index >= 15 is 0 Å². The van der Waals surface area contributed by atoms with Crippen LogP contribution in [0.4, 0.5) is 16.3 Å². The van der Waals surface area contributed by atoms with E-state index in [0.717, 1.165) is 66.0 Å². The SMILES string of the molecule is CCCP(=O)(CCC)c1ccc(Nc2nc(C3CCCC3)nc3c2ncn3CCc2cccc(OC(=O)N[C@@H](C)C(N)=O)c2)cc1. The maximum absolute atomic E-state index is 13.7. The highest BCUT2D eigenvalue weighted by molar-refractivity contribution is 7.71. The number of imidazole rings is 1. The maximum atomic E-state index is 13.7. The zero-order valence-corrected chi connectivity index (χ0v) is 27.8. The lowest BCUT2D eigenvalue weighted by molar-refractivity contribution is -0.119. The summed E-state index contributed by atoms with van der Waals surface area (Å²) in [5.74, 6) is 1.52. The van der Waals surface area contributed by atoms with Gasteiger partial charge in [-0.2, -0.15) is 0 Å². The van der Waals surface area contributed by atoms with Gasteiger partial charge < -0.3 is 30.2 Å². The topological polar surface area (TPSA) is 154 Å². The number of aryl methyl sites for hydroxylation is 2. The normalized spacial score (nSPS) is 14.3. The molecule has 1 atom stereocenters. The van der Waals surface area contributed by atoms with Gasteiger partial charge in [-0.3, -0.25) is 4.79 Å². The van der Waals surface area contributed by atoms with Gasteiger partial charge in [0, 0.05) is 35.8 Å². The average Bonchev–Trinajstić information content (AvgIpc) is 3.72. The molecule has 11 nitrogen and oxygen atoms in total. The van der Waals surface area contributed by atoms with Crippen LogP contribution in [0.25, 0.3) is 11.2 Å². The van der Waals surface area contributed by atoms with E-state index in [1.807, 2.05) is 41.0 Å². The van der Waals surface area contributed by atoms with Crippen LogP contribution < -0.4 is 26.4 Å². The molecule has 244 valence electrons. The molecule has 0 unspecified atom stereocenters. The Morgan fingerprint density at radius 2 is 1.78 bits per heavy atom. The highest BCUT2D eigenvalue weighted by Crippen LogP contribution is 2.45. The van der Waals surface area contributed by atoms with Crippen molar-refractivity contribution in [2.75, 3.05) is 17.6 Å². The fourth-order valence-electron chi connectivity index (χ4n) is 6.02. The van der Waals surface area contributed by atoms with E-state index in [9.17, 15) is 14.2 Å². The lowest BCUT2D eigenvalue weighted by Crippen LogP contribution is -2.43. The minimum Gasteiger partial charge on any atom is -0.410 e. The minimum absolute atomic E-state index is 0.307. The summed E-state index contributed by atoms with van der Waals surface area (Å²) in [7, 11) is -2.40. The van der Waals surface area contributed by atoms with E-state index in [1.54, 1.807) is 18.5 Å². The van der Waals surface area contributed by atoms with Gasteiger partial charge in [0.25, 0.3) is 0 Å². The van der Waals surface area contributed by atoms with Gasteiger partial charge >= 0.3 is 6.09 Å². The Kier molecular flexibility index (Phi) is 10.7. The predicted octanol–water partition coefficient (Wildman–Crippen LogP) is 6.24. The number of aromatic nitrogens is 4. The number of benzene rings is 2. The number of carbonyl (C=O) groups is 2. The number of hydrogen-bond acceptors (Lipinski definition) is 8. The molecule has 2 amide bonds. The number of nitrogens with zero attached hydrogens (tertiary/aromatic N) is 4. The fourth-order valence-corrected chi connectivity index (χ4v) is 8.90. The van der Waals surface area contributed by atoms with Gasteiger partial charge in [-0.25, -0.2) is 19.7 Å². The quantitative estimate of drug-likeness (QED) is 0.136. The molecule has 0 saturated heterocycles. The third kappa shape index (κ3) is 7.94. The fraction of sp³-hybridized carbons (Fsp3) is 0.441. The van der Waals surface area contributed by atoms with E-state index < -0.39 is 25.2 Å². The van der Waals surface area contributed by atoms with Crippen LogP contribution in [0, 0.1) is 0 Å². The summed E-state index contributed by atoms with van der Waals surface area (Å²) in [4.78, 5) is 38.1. The zero-order chi connectivity index (χ0) is 32.7. The van der Waals surface area contributed by atoms with E-state index in [-0.39, 0.29) is 0 Å². The molecule has 1 aliphatic carbocycles. The number of carbonyl (C=O) groups excluding carboxylic acids is 2. The van der Waals surface area contributed by atoms with Crippen LogP contribution in [0.1, 0.15) is 76.6 Å². The van der Waals surface area contributed by atoms with Gasteiger partial charge in [0.1, 0.15) is 24.8 Å². The number of nitrogens with two attached hydrogens (primary N) is 1. The minimum atomic E-state index is -2.40. The van der Waals surface area contributed by atoms with Crippen LogP contribution in [0.5, 0.6) is 5.75 Å². The molecule has 4 N–H and O–H groups in total. The Hall–Kier alpha value is -4.24. The van der Waals surface area contributed by atoms with Crippen molar-refractivity contribution in [3.05, 3.63) is 66.2 Å². The smallest absolute Gasteiger partial charge is 0.410 e. The van der Waals surface area contributed by atoms with Crippen molar-refractivity contribution in [1.29, 1.82) is 0 Å². The molecular formula is C34H44N7O4P. The van der Waals surface area contributed by atoms with E-state index in [1.165, 1.54) is 19.8 Å². The van der Waals surface area contributed by atoms with Crippen LogP contribution in [0.2, 0.25) is 0 Å². The summed E-state index contributed by atoms with van der Waals surface area (Å²) in [6.45, 7) is 6.27. The molecule has 0 aliphatic heterocycles. The molecule has 5 rings (SSSR count). The maximum Gasteiger partial charge on any atom is 0.413 e. The Morgan fingerprint density at radius 3 is 2.46 bits per heavy atom. The molecule has 1 aliphatic rings. The Labute approximate surface area is 270 Å². The summed E-state index contributed by atoms with van der Waals surface area (Å²) >= 11 is 0. The first-order valence-corrected chi connectivity index (χ1v) is 18.3. The number of ether oxygens (including phenoxy) is 1. The average molecular weight is 646 g/mol. The van der Waals surface area contributed by atoms with Crippen LogP contribution in [0.15, 0.2) is 54.9 Å². The number of anilines is 2. The van der Waals surface area contributed by atoms with Crippen LogP contribution in [-0.2, 0) is 22.3 Å². The van der Waals surface area contributed by atoms with Crippen LogP contribution in [0.3, 0.4) is 0 Å². The lowest BCUT2D eigenvalue weighted by Gasteiger charge is -2.18. The van der Waals surface area contributed by atoms with Gasteiger partial charge in [0.05, 0.1) is 6.33 Å². The second-order valence-electron chi connectivity index (χ2n) is 12.1. The molecule has 0 bridgehead atoms. The highest BCUT2D eigenvalue weighted by atomic mass is 31.2. The first-order valence-electron chi connectivity index (χ1n) is 16.2. The third-order valence-electron chi connectivity index (χ3n) is 8.48. The van der Waals surface area contributed by atoms with Gasteiger partial charge in [-0.05, 0) is 81.0 Å². The number of hydrogen-bond donors (Lipinski definition) is 3. The Bertz CT molecular complexity index is 1710. The number of fused-ring (bicyclic) bond motifs is 1. The molecule has 1 saturated carbocycles. The molecule has 46 heavy (non-hydrogen) atoms. The summed E-state index contributed by atoms with van der Waals surface area (Å²) in [6, 6.07) is 14.4. The van der Waals surface area contributed by atoms with Crippen molar-refractivity contribution in [2.24, 2.45) is 5.73 Å². The number of rotatable bonds is 14. The molecule has 4 aromatic rings. The standard InChI is InChI=1S/C34H44N7O4P/c1-4-19-46(44,20-5-2)28-15-13-26(14-16-28)38-32-29-33(40-31(39-32)25-10-6-7-11-25)41(22-36-29)18-17-24-9-8-12-27(21-24)45-34(43)37-23(3)30(35)42/h8-9,12-16,21-23,25H,4-7,10-11,17-20H2,1-3H3,(H2,35,42)(H,37,43)(H,38,39,40)/t23-/m0/s1. The molecule has 2 heterocycles. The van der Waals surface area contributed by atoms with Gasteiger partial charge in [-0.1, -0.05) is 38.8 Å². The number of primary amides is 1. The molecule has 12 heteroatoms. The second kappa shape index (κ2) is 14.9. The summed E-state index contributed by atoms with van der Waals surface area (Å²) in [5, 5.41) is 6.83. The largest absolute Gasteiger partial charge is 0.413 e. The van der Waals surface area contributed by atoms with Crippen LogP contribution >= 0.6 is 7.14 Å². The first kappa shape index (κ1) is 33.1. The van der Waals surface area contributed by atoms with E-state index in [2.05, 4.69) is 24.5 Å². The van der Waals surface area contributed by atoms with Crippen molar-refractivity contribution in [1.82, 2.24) is 24.8 Å². The van der Waals surface area contributed by atoms with E-state index in [4.69, 9.17) is 25.4 Å². The molecule has 2 aromatic carbocycles. The Balaban J connectivity index is 1.36. The van der Waals surface area contributed by atoms with Crippen molar-refractivity contribution >= 4 is 47.1 Å². The predicted molar refractivity (Wildman–Crippen MR) is 182 cm³/mol. The van der Waals surface area contributed by atoms with Gasteiger partial charge in [0.15, 0.2) is 17.0 Å².